The summed E-state index contributed by atoms with van der Waals surface area (Å²) in [6.07, 6.45) is 0. The van der Waals surface area contributed by atoms with E-state index >= 15 is 0 Å². The molecule has 0 unspecified atom stereocenters. The molecule has 92 heavy (non-hydrogen) atoms. The number of para-hydroxylation sites is 12. The minimum Gasteiger partial charge on any atom is -0.273 e. The smallest absolute Gasteiger partial charge is 0.273 e. The first-order valence-electron chi connectivity index (χ1n) is 27.8. The Morgan fingerprint density at radius 2 is 0.174 bits per heavy atom. The summed E-state index contributed by atoms with van der Waals surface area (Å²) in [6, 6.07) is 114. The summed E-state index contributed by atoms with van der Waals surface area (Å²) in [7, 11) is -8.01. The fourth-order valence-electron chi connectivity index (χ4n) is 7.27. The first-order chi connectivity index (χ1) is 43.6. The maximum absolute atomic E-state index is 5.88. The van der Waals surface area contributed by atoms with Gasteiger partial charge in [-0.3, -0.25) is 54.3 Å². The molecule has 12 nitrogen and oxygen atoms in total. The molecule has 12 rings (SSSR count). The van der Waals surface area contributed by atoms with Crippen molar-refractivity contribution in [2.45, 2.75) is 0 Å². The first-order valence-corrected chi connectivity index (χ1v) is 32.7. The molecule has 480 valence electrons. The SMILES string of the molecule is [Ni].[Ni].[Ni].[Ni].c1ccc(O[PH+](Oc2ccccc2)Oc2ccccc2)cc1.c1ccc(O[PH+](Oc2ccccc2)Oc2ccccc2)cc1.c1ccc(O[PH+](Oc2ccccc2)Oc2ccccc2)cc1.c1ccc(O[PH+](Oc2ccccc2)Oc2ccccc2)cc1. The molecule has 20 heteroatoms. The molecular formula is C72H64Ni4O12P4+4. The van der Waals surface area contributed by atoms with Gasteiger partial charge in [0, 0.05) is 66.0 Å². The van der Waals surface area contributed by atoms with Crippen LogP contribution in [0.4, 0.5) is 0 Å². The zero-order valence-electron chi connectivity index (χ0n) is 48.8. The van der Waals surface area contributed by atoms with Crippen molar-refractivity contribution in [1.29, 1.82) is 0 Å². The molecule has 0 spiro atoms. The van der Waals surface area contributed by atoms with E-state index in [2.05, 4.69) is 0 Å². The van der Waals surface area contributed by atoms with Gasteiger partial charge in [-0.25, -0.2) is 0 Å². The number of hydrogen-bond donors (Lipinski definition) is 0. The van der Waals surface area contributed by atoms with E-state index in [1.807, 2.05) is 364 Å². The maximum Gasteiger partial charge on any atom is 0.528 e. The van der Waals surface area contributed by atoms with Crippen molar-refractivity contribution in [2.75, 3.05) is 0 Å². The first kappa shape index (κ1) is 74.7. The summed E-state index contributed by atoms with van der Waals surface area (Å²) in [4.78, 5) is 0. The van der Waals surface area contributed by atoms with Crippen molar-refractivity contribution in [1.82, 2.24) is 0 Å². The topological polar surface area (TPSA) is 111 Å². The van der Waals surface area contributed by atoms with E-state index in [-0.39, 0.29) is 66.0 Å². The second kappa shape index (κ2) is 44.4. The van der Waals surface area contributed by atoms with Crippen molar-refractivity contribution in [3.05, 3.63) is 364 Å². The van der Waals surface area contributed by atoms with Crippen LogP contribution < -0.4 is 54.3 Å². The molecule has 0 aliphatic rings. The van der Waals surface area contributed by atoms with Gasteiger partial charge in [0.15, 0.2) is 69.0 Å². The molecule has 0 saturated heterocycles. The molecule has 0 aliphatic heterocycles. The van der Waals surface area contributed by atoms with Gasteiger partial charge in [-0.2, -0.15) is 0 Å². The monoisotopic (exact) mass is 1480 g/mol. The predicted molar refractivity (Wildman–Crippen MR) is 358 cm³/mol. The largest absolute Gasteiger partial charge is 0.528 e. The van der Waals surface area contributed by atoms with E-state index in [0.29, 0.717) is 0 Å². The van der Waals surface area contributed by atoms with Gasteiger partial charge in [0.25, 0.3) is 0 Å². The van der Waals surface area contributed by atoms with Crippen molar-refractivity contribution in [3.8, 4) is 69.0 Å². The fourth-order valence-corrected chi connectivity index (χ4v) is 11.7. The molecular weight excluding hydrogens is 1420 g/mol. The van der Waals surface area contributed by atoms with Crippen LogP contribution in [0.25, 0.3) is 0 Å². The van der Waals surface area contributed by atoms with Crippen LogP contribution in [0.5, 0.6) is 69.0 Å². The predicted octanol–water partition coefficient (Wildman–Crippen LogP) is 20.7. The Kier molecular flexibility index (Phi) is 36.1. The van der Waals surface area contributed by atoms with Gasteiger partial charge in [-0.15, -0.1) is 0 Å². The van der Waals surface area contributed by atoms with Crippen molar-refractivity contribution >= 4 is 34.4 Å². The molecule has 0 fully saturated rings. The molecule has 0 amide bonds. The van der Waals surface area contributed by atoms with Crippen molar-refractivity contribution < 1.29 is 120 Å². The second-order valence-corrected chi connectivity index (χ2v) is 22.4. The Balaban J connectivity index is 0.000000219. The molecule has 12 aromatic carbocycles. The molecule has 0 heterocycles. The van der Waals surface area contributed by atoms with E-state index in [9.17, 15) is 0 Å². The third-order valence-corrected chi connectivity index (χ3v) is 16.2. The standard InChI is InChI=1S/4C18H16O3P.4Ni/c4*1-4-10-16(11-5-1)19-22(20-17-12-6-2-7-13-17)21-18-14-8-3-9-15-18;;;;/h4*1-15,22H;;;;/q4*+1;;;;. The van der Waals surface area contributed by atoms with Gasteiger partial charge in [0.2, 0.25) is 0 Å². The van der Waals surface area contributed by atoms with Crippen LogP contribution >= 0.6 is 34.4 Å². The minimum atomic E-state index is -2.00. The van der Waals surface area contributed by atoms with Crippen molar-refractivity contribution in [2.24, 2.45) is 0 Å². The summed E-state index contributed by atoms with van der Waals surface area (Å²) in [5.41, 5.74) is 0. The number of benzene rings is 12. The number of rotatable bonds is 24. The Morgan fingerprint density at radius 3 is 0.239 bits per heavy atom. The van der Waals surface area contributed by atoms with Gasteiger partial charge in [-0.1, -0.05) is 218 Å². The molecule has 0 saturated carbocycles. The third-order valence-electron chi connectivity index (χ3n) is 11.3. The summed E-state index contributed by atoms with van der Waals surface area (Å²) in [6.45, 7) is 0. The van der Waals surface area contributed by atoms with E-state index in [4.69, 9.17) is 54.3 Å². The quantitative estimate of drug-likeness (QED) is 0.0424. The fraction of sp³-hybridized carbons (Fsp3) is 0. The van der Waals surface area contributed by atoms with Crippen LogP contribution in [0.1, 0.15) is 0 Å². The maximum atomic E-state index is 5.88. The second-order valence-electron chi connectivity index (χ2n) is 18.0. The van der Waals surface area contributed by atoms with E-state index in [1.54, 1.807) is 0 Å². The summed E-state index contributed by atoms with van der Waals surface area (Å²) >= 11 is 0. The Labute approximate surface area is 583 Å². The summed E-state index contributed by atoms with van der Waals surface area (Å²) in [5, 5.41) is 0. The van der Waals surface area contributed by atoms with E-state index in [0.717, 1.165) is 69.0 Å². The zero-order valence-corrected chi connectivity index (χ0v) is 56.8. The van der Waals surface area contributed by atoms with Crippen LogP contribution in [0, 0.1) is 0 Å². The van der Waals surface area contributed by atoms with Crippen molar-refractivity contribution in [3.63, 3.8) is 0 Å². The van der Waals surface area contributed by atoms with Gasteiger partial charge < -0.3 is 0 Å². The van der Waals surface area contributed by atoms with Gasteiger partial charge in [0.1, 0.15) is 0 Å². The van der Waals surface area contributed by atoms with Crippen LogP contribution in [0.2, 0.25) is 0 Å². The molecule has 0 bridgehead atoms. The van der Waals surface area contributed by atoms with Crippen LogP contribution in [0.15, 0.2) is 364 Å². The molecule has 0 N–H and O–H groups in total. The van der Waals surface area contributed by atoms with Gasteiger partial charge in [0.05, 0.1) is 0 Å². The van der Waals surface area contributed by atoms with Crippen LogP contribution in [-0.4, -0.2) is 0 Å². The van der Waals surface area contributed by atoms with E-state index < -0.39 is 34.4 Å². The Morgan fingerprint density at radius 1 is 0.109 bits per heavy atom. The Hall–Kier alpha value is -8.07. The molecule has 0 atom stereocenters. The van der Waals surface area contributed by atoms with Gasteiger partial charge in [-0.05, 0) is 146 Å². The minimum absolute atomic E-state index is 0. The molecule has 0 radical (unpaired) electrons. The molecule has 12 aromatic rings. The van der Waals surface area contributed by atoms with Gasteiger partial charge >= 0.3 is 34.4 Å². The third kappa shape index (κ3) is 29.0. The summed E-state index contributed by atoms with van der Waals surface area (Å²) in [5.74, 6) is 8.70. The van der Waals surface area contributed by atoms with E-state index in [1.165, 1.54) is 0 Å². The average Bonchev–Trinajstić information content (AvgIpc) is 3.78. The zero-order chi connectivity index (χ0) is 60.1. The summed E-state index contributed by atoms with van der Waals surface area (Å²) < 4.78 is 70.6. The van der Waals surface area contributed by atoms with Crippen LogP contribution in [-0.2, 0) is 66.0 Å². The number of hydrogen-bond acceptors (Lipinski definition) is 12. The van der Waals surface area contributed by atoms with Crippen LogP contribution in [0.3, 0.4) is 0 Å². The molecule has 0 aliphatic carbocycles. The normalized spacial score (nSPS) is 9.78. The Bertz CT molecular complexity index is 2820. The molecule has 0 aromatic heterocycles. The average molecular weight is 1480 g/mol.